The predicted molar refractivity (Wildman–Crippen MR) is 59.2 cm³/mol. The van der Waals surface area contributed by atoms with Crippen molar-refractivity contribution in [3.63, 3.8) is 0 Å². The number of nitrogens with zero attached hydrogens (tertiary/aromatic N) is 2. The summed E-state index contributed by atoms with van der Waals surface area (Å²) in [6.07, 6.45) is 0.619. The monoisotopic (exact) mass is 242 g/mol. The Morgan fingerprint density at radius 3 is 3.00 bits per heavy atom. The number of aromatic nitrogens is 2. The zero-order valence-corrected chi connectivity index (χ0v) is 10.0. The van der Waals surface area contributed by atoms with Crippen molar-refractivity contribution in [2.75, 3.05) is 0 Å². The van der Waals surface area contributed by atoms with Gasteiger partial charge in [-0.1, -0.05) is 19.0 Å². The normalized spacial score (nSPS) is 23.7. The van der Waals surface area contributed by atoms with Crippen molar-refractivity contribution in [1.82, 2.24) is 10.1 Å². The number of aliphatic carboxylic acids is 1. The second kappa shape index (κ2) is 4.45. The van der Waals surface area contributed by atoms with E-state index in [1.54, 1.807) is 11.8 Å². The van der Waals surface area contributed by atoms with E-state index >= 15 is 0 Å². The third-order valence-electron chi connectivity index (χ3n) is 2.45. The molecule has 1 aliphatic rings. The number of hydrogen-bond acceptors (Lipinski definition) is 5. The summed E-state index contributed by atoms with van der Waals surface area (Å²) in [6.45, 7) is 4.21. The summed E-state index contributed by atoms with van der Waals surface area (Å²) in [5, 5.41) is 13.1. The van der Waals surface area contributed by atoms with Crippen LogP contribution >= 0.6 is 11.8 Å². The van der Waals surface area contributed by atoms with E-state index in [0.717, 1.165) is 0 Å². The molecule has 1 aliphatic carbocycles. The number of rotatable bonds is 5. The van der Waals surface area contributed by atoms with Gasteiger partial charge >= 0.3 is 5.97 Å². The molecule has 1 fully saturated rings. The molecule has 1 saturated carbocycles. The van der Waals surface area contributed by atoms with Crippen LogP contribution in [0.1, 0.15) is 37.9 Å². The average molecular weight is 242 g/mol. The molecule has 88 valence electrons. The highest BCUT2D eigenvalue weighted by molar-refractivity contribution is 7.99. The Kier molecular flexibility index (Phi) is 3.18. The maximum absolute atomic E-state index is 10.7. The highest BCUT2D eigenvalue weighted by Crippen LogP contribution is 2.46. The minimum atomic E-state index is -0.777. The van der Waals surface area contributed by atoms with E-state index in [1.165, 1.54) is 0 Å². The highest BCUT2D eigenvalue weighted by atomic mass is 32.2. The van der Waals surface area contributed by atoms with Crippen molar-refractivity contribution in [2.24, 2.45) is 5.92 Å². The summed E-state index contributed by atoms with van der Waals surface area (Å²) in [4.78, 5) is 14.9. The smallest absolute Gasteiger partial charge is 0.307 e. The van der Waals surface area contributed by atoms with Gasteiger partial charge in [0.15, 0.2) is 5.82 Å². The third-order valence-corrected chi connectivity index (χ3v) is 3.55. The molecular formula is C10H14N2O3S. The summed E-state index contributed by atoms with van der Waals surface area (Å²) in [6, 6.07) is 0. The standard InChI is InChI=1S/C10H14N2O3S/c1-5(2)16-4-8-11-9(15-12-8)6-3-7(6)10(13)14/h5-7H,3-4H2,1-2H3,(H,13,14). The van der Waals surface area contributed by atoms with Gasteiger partial charge in [-0.2, -0.15) is 16.7 Å². The molecule has 0 aromatic carbocycles. The van der Waals surface area contributed by atoms with Crippen LogP contribution in [-0.4, -0.2) is 26.5 Å². The lowest BCUT2D eigenvalue weighted by molar-refractivity contribution is -0.138. The van der Waals surface area contributed by atoms with E-state index in [-0.39, 0.29) is 11.8 Å². The number of carboxylic acid groups (broad SMARTS) is 1. The Balaban J connectivity index is 1.91. The molecule has 1 N–H and O–H groups in total. The van der Waals surface area contributed by atoms with Crippen molar-refractivity contribution in [1.29, 1.82) is 0 Å². The van der Waals surface area contributed by atoms with Crippen LogP contribution in [0.5, 0.6) is 0 Å². The van der Waals surface area contributed by atoms with Crippen LogP contribution in [0.2, 0.25) is 0 Å². The second-order valence-corrected chi connectivity index (χ2v) is 5.76. The summed E-state index contributed by atoms with van der Waals surface area (Å²) >= 11 is 1.74. The van der Waals surface area contributed by atoms with Gasteiger partial charge in [-0.15, -0.1) is 0 Å². The molecule has 2 atom stereocenters. The first-order chi connectivity index (χ1) is 7.58. The first kappa shape index (κ1) is 11.4. The molecule has 0 amide bonds. The number of thioether (sulfide) groups is 1. The van der Waals surface area contributed by atoms with Crippen molar-refractivity contribution < 1.29 is 14.4 Å². The van der Waals surface area contributed by atoms with Crippen molar-refractivity contribution >= 4 is 17.7 Å². The van der Waals surface area contributed by atoms with Gasteiger partial charge in [0, 0.05) is 0 Å². The van der Waals surface area contributed by atoms with E-state index in [9.17, 15) is 4.79 Å². The zero-order valence-electron chi connectivity index (χ0n) is 9.21. The molecule has 5 nitrogen and oxygen atoms in total. The second-order valence-electron chi connectivity index (χ2n) is 4.20. The van der Waals surface area contributed by atoms with E-state index in [0.29, 0.717) is 29.1 Å². The van der Waals surface area contributed by atoms with Crippen LogP contribution < -0.4 is 0 Å². The SMILES string of the molecule is CC(C)SCc1noc(C2CC2C(=O)O)n1. The summed E-state index contributed by atoms with van der Waals surface area (Å²) in [5.41, 5.74) is 0. The van der Waals surface area contributed by atoms with Gasteiger partial charge in [-0.05, 0) is 11.7 Å². The van der Waals surface area contributed by atoms with Crippen molar-refractivity contribution in [2.45, 2.75) is 37.2 Å². The minimum absolute atomic E-state index is 0.0669. The van der Waals surface area contributed by atoms with Gasteiger partial charge in [-0.25, -0.2) is 0 Å². The highest BCUT2D eigenvalue weighted by Gasteiger charge is 2.48. The molecule has 1 heterocycles. The lowest BCUT2D eigenvalue weighted by Gasteiger charge is -1.98. The zero-order chi connectivity index (χ0) is 11.7. The molecule has 6 heteroatoms. The molecule has 1 aromatic heterocycles. The Bertz CT molecular complexity index is 391. The summed E-state index contributed by atoms with van der Waals surface area (Å²) in [5.74, 6) is 0.678. The fraction of sp³-hybridized carbons (Fsp3) is 0.700. The molecular weight excluding hydrogens is 228 g/mol. The van der Waals surface area contributed by atoms with Gasteiger partial charge in [0.1, 0.15) is 0 Å². The van der Waals surface area contributed by atoms with Gasteiger partial charge in [0.2, 0.25) is 5.89 Å². The molecule has 16 heavy (non-hydrogen) atoms. The summed E-state index contributed by atoms with van der Waals surface area (Å²) < 4.78 is 5.06. The fourth-order valence-electron chi connectivity index (χ4n) is 1.46. The van der Waals surface area contributed by atoms with Gasteiger partial charge in [0.25, 0.3) is 0 Å². The van der Waals surface area contributed by atoms with Gasteiger partial charge in [-0.3, -0.25) is 4.79 Å². The number of carbonyl (C=O) groups is 1. The summed E-state index contributed by atoms with van der Waals surface area (Å²) in [7, 11) is 0. The lowest BCUT2D eigenvalue weighted by atomic mass is 10.3. The van der Waals surface area contributed by atoms with Crippen LogP contribution in [0.4, 0.5) is 0 Å². The Morgan fingerprint density at radius 1 is 1.69 bits per heavy atom. The maximum atomic E-state index is 10.7. The Hall–Kier alpha value is -1.04. The van der Waals surface area contributed by atoms with Gasteiger partial charge in [0.05, 0.1) is 17.6 Å². The number of carboxylic acids is 1. The Labute approximate surface area is 97.6 Å². The number of hydrogen-bond donors (Lipinski definition) is 1. The predicted octanol–water partition coefficient (Wildman–Crippen LogP) is 1.90. The topological polar surface area (TPSA) is 76.2 Å². The first-order valence-corrected chi connectivity index (χ1v) is 6.29. The average Bonchev–Trinajstić information content (AvgIpc) is 2.88. The van der Waals surface area contributed by atoms with Crippen molar-refractivity contribution in [3.8, 4) is 0 Å². The molecule has 2 unspecified atom stereocenters. The molecule has 0 spiro atoms. The van der Waals surface area contributed by atoms with E-state index < -0.39 is 5.97 Å². The van der Waals surface area contributed by atoms with Crippen LogP contribution in [-0.2, 0) is 10.5 Å². The van der Waals surface area contributed by atoms with E-state index in [2.05, 4.69) is 24.0 Å². The molecule has 0 radical (unpaired) electrons. The molecule has 2 rings (SSSR count). The molecule has 1 aromatic rings. The lowest BCUT2D eigenvalue weighted by Crippen LogP contribution is -1.99. The van der Waals surface area contributed by atoms with Crippen LogP contribution in [0, 0.1) is 5.92 Å². The van der Waals surface area contributed by atoms with E-state index in [4.69, 9.17) is 9.63 Å². The molecule has 0 saturated heterocycles. The quantitative estimate of drug-likeness (QED) is 0.849. The molecule has 0 bridgehead atoms. The Morgan fingerprint density at radius 2 is 2.44 bits per heavy atom. The molecule has 0 aliphatic heterocycles. The van der Waals surface area contributed by atoms with Crippen LogP contribution in [0.3, 0.4) is 0 Å². The van der Waals surface area contributed by atoms with Crippen LogP contribution in [0.15, 0.2) is 4.52 Å². The van der Waals surface area contributed by atoms with Crippen molar-refractivity contribution in [3.05, 3.63) is 11.7 Å². The maximum Gasteiger partial charge on any atom is 0.307 e. The fourth-order valence-corrected chi connectivity index (χ4v) is 2.06. The largest absolute Gasteiger partial charge is 0.481 e. The first-order valence-electron chi connectivity index (χ1n) is 5.25. The third kappa shape index (κ3) is 2.55. The van der Waals surface area contributed by atoms with E-state index in [1.807, 2.05) is 0 Å². The van der Waals surface area contributed by atoms with Gasteiger partial charge < -0.3 is 9.63 Å². The van der Waals surface area contributed by atoms with Crippen LogP contribution in [0.25, 0.3) is 0 Å². The minimum Gasteiger partial charge on any atom is -0.481 e.